The monoisotopic (exact) mass is 278 g/mol. The summed E-state index contributed by atoms with van der Waals surface area (Å²) in [6.07, 6.45) is 0. The maximum atomic E-state index is 12.1. The van der Waals surface area contributed by atoms with E-state index < -0.39 is 0 Å². The average Bonchev–Trinajstić information content (AvgIpc) is 2.80. The fourth-order valence-electron chi connectivity index (χ4n) is 1.75. The highest BCUT2D eigenvalue weighted by atomic mass is 32.1. The van der Waals surface area contributed by atoms with Crippen LogP contribution in [0, 0.1) is 5.92 Å². The number of anilines is 1. The molecule has 102 valence electrons. The molecule has 0 spiro atoms. The van der Waals surface area contributed by atoms with Crippen LogP contribution in [0.15, 0.2) is 24.3 Å². The van der Waals surface area contributed by atoms with Crippen molar-refractivity contribution in [3.8, 4) is 0 Å². The minimum absolute atomic E-state index is 0.0361. The summed E-state index contributed by atoms with van der Waals surface area (Å²) in [4.78, 5) is 12.8. The largest absolute Gasteiger partial charge is 0.399 e. The van der Waals surface area contributed by atoms with Gasteiger partial charge in [-0.2, -0.15) is 0 Å². The second-order valence-corrected chi connectivity index (χ2v) is 5.91. The molecule has 0 bridgehead atoms. The average molecular weight is 278 g/mol. The van der Waals surface area contributed by atoms with Crippen LogP contribution in [0.2, 0.25) is 0 Å². The van der Waals surface area contributed by atoms with Gasteiger partial charge in [-0.25, -0.2) is 0 Å². The summed E-state index contributed by atoms with van der Waals surface area (Å²) in [5, 5.41) is 13.0. The van der Waals surface area contributed by atoms with Crippen molar-refractivity contribution in [2.45, 2.75) is 19.9 Å². The molecule has 0 aliphatic rings. The van der Waals surface area contributed by atoms with Crippen LogP contribution in [0.5, 0.6) is 0 Å². The summed E-state index contributed by atoms with van der Waals surface area (Å²) in [6, 6.07) is 7.40. The Morgan fingerprint density at radius 2 is 2.16 bits per heavy atom. The van der Waals surface area contributed by atoms with Gasteiger partial charge in [0.25, 0.3) is 5.91 Å². The van der Waals surface area contributed by atoms with Crippen molar-refractivity contribution in [2.75, 3.05) is 12.3 Å². The van der Waals surface area contributed by atoms with Crippen LogP contribution >= 0.6 is 11.3 Å². The van der Waals surface area contributed by atoms with Crippen molar-refractivity contribution in [3.63, 3.8) is 0 Å². The number of aliphatic hydroxyl groups excluding tert-OH is 1. The van der Waals surface area contributed by atoms with Gasteiger partial charge in [0.2, 0.25) is 0 Å². The topological polar surface area (TPSA) is 75.3 Å². The van der Waals surface area contributed by atoms with Crippen LogP contribution in [0.25, 0.3) is 10.1 Å². The Morgan fingerprint density at radius 1 is 1.42 bits per heavy atom. The number of aliphatic hydroxyl groups is 1. The molecule has 1 heterocycles. The molecule has 0 aliphatic carbocycles. The molecule has 2 rings (SSSR count). The van der Waals surface area contributed by atoms with Gasteiger partial charge in [-0.15, -0.1) is 11.3 Å². The smallest absolute Gasteiger partial charge is 0.261 e. The summed E-state index contributed by atoms with van der Waals surface area (Å²) in [5.41, 5.74) is 6.42. The first-order valence-electron chi connectivity index (χ1n) is 6.22. The van der Waals surface area contributed by atoms with Crippen molar-refractivity contribution in [3.05, 3.63) is 29.1 Å². The molecule has 2 atom stereocenters. The van der Waals surface area contributed by atoms with E-state index >= 15 is 0 Å². The zero-order valence-corrected chi connectivity index (χ0v) is 11.8. The normalized spacial score (nSPS) is 14.3. The van der Waals surface area contributed by atoms with E-state index in [1.54, 1.807) is 0 Å². The molecule has 0 saturated heterocycles. The van der Waals surface area contributed by atoms with Gasteiger partial charge >= 0.3 is 0 Å². The third-order valence-corrected chi connectivity index (χ3v) is 4.38. The molecule has 0 fully saturated rings. The predicted octanol–water partition coefficient (Wildman–Crippen LogP) is 2.23. The molecule has 2 aromatic rings. The SMILES string of the molecule is CC(CO)C(C)NC(=O)c1cc2cc(N)ccc2s1. The molecule has 19 heavy (non-hydrogen) atoms. The number of nitrogens with one attached hydrogen (secondary N) is 1. The number of rotatable bonds is 4. The number of fused-ring (bicyclic) bond motifs is 1. The van der Waals surface area contributed by atoms with E-state index in [0.717, 1.165) is 10.1 Å². The van der Waals surface area contributed by atoms with Crippen LogP contribution in [0.3, 0.4) is 0 Å². The number of nitrogens with two attached hydrogens (primary N) is 1. The Kier molecular flexibility index (Phi) is 4.07. The number of carbonyl (C=O) groups excluding carboxylic acids is 1. The molecule has 0 radical (unpaired) electrons. The van der Waals surface area contributed by atoms with E-state index in [4.69, 9.17) is 10.8 Å². The van der Waals surface area contributed by atoms with E-state index in [0.29, 0.717) is 10.6 Å². The maximum absolute atomic E-state index is 12.1. The Labute approximate surface area is 116 Å². The van der Waals surface area contributed by atoms with Gasteiger partial charge < -0.3 is 16.2 Å². The molecule has 1 aromatic heterocycles. The first kappa shape index (κ1) is 13.8. The molecule has 0 saturated carbocycles. The minimum atomic E-state index is -0.104. The predicted molar refractivity (Wildman–Crippen MR) is 79.4 cm³/mol. The number of hydrogen-bond donors (Lipinski definition) is 3. The molecule has 0 aliphatic heterocycles. The third kappa shape index (κ3) is 3.05. The zero-order valence-electron chi connectivity index (χ0n) is 11.0. The number of hydrogen-bond acceptors (Lipinski definition) is 4. The van der Waals surface area contributed by atoms with Crippen LogP contribution in [-0.4, -0.2) is 23.7 Å². The van der Waals surface area contributed by atoms with Crippen molar-refractivity contribution in [1.82, 2.24) is 5.32 Å². The van der Waals surface area contributed by atoms with Gasteiger partial charge in [-0.05, 0) is 42.5 Å². The first-order valence-corrected chi connectivity index (χ1v) is 7.03. The van der Waals surface area contributed by atoms with Crippen molar-refractivity contribution < 1.29 is 9.90 Å². The molecule has 5 heteroatoms. The van der Waals surface area contributed by atoms with Gasteiger partial charge in [-0.3, -0.25) is 4.79 Å². The van der Waals surface area contributed by atoms with E-state index in [1.165, 1.54) is 11.3 Å². The lowest BCUT2D eigenvalue weighted by Crippen LogP contribution is -2.37. The van der Waals surface area contributed by atoms with E-state index in [-0.39, 0.29) is 24.5 Å². The molecule has 1 aromatic carbocycles. The van der Waals surface area contributed by atoms with Crippen LogP contribution in [-0.2, 0) is 0 Å². The summed E-state index contributed by atoms with van der Waals surface area (Å²) in [7, 11) is 0. The zero-order chi connectivity index (χ0) is 14.0. The highest BCUT2D eigenvalue weighted by Crippen LogP contribution is 2.27. The quantitative estimate of drug-likeness (QED) is 0.751. The fraction of sp³-hybridized carbons (Fsp3) is 0.357. The lowest BCUT2D eigenvalue weighted by molar-refractivity contribution is 0.0920. The number of thiophene rings is 1. The minimum Gasteiger partial charge on any atom is -0.399 e. The van der Waals surface area contributed by atoms with Gasteiger partial charge in [0.05, 0.1) is 4.88 Å². The summed E-state index contributed by atoms with van der Waals surface area (Å²) in [6.45, 7) is 3.85. The number of carbonyl (C=O) groups is 1. The molecular weight excluding hydrogens is 260 g/mol. The summed E-state index contributed by atoms with van der Waals surface area (Å²) < 4.78 is 1.04. The van der Waals surface area contributed by atoms with E-state index in [9.17, 15) is 4.79 Å². The molecule has 4 N–H and O–H groups in total. The maximum Gasteiger partial charge on any atom is 0.261 e. The van der Waals surface area contributed by atoms with Crippen molar-refractivity contribution in [1.29, 1.82) is 0 Å². The lowest BCUT2D eigenvalue weighted by atomic mass is 10.1. The van der Waals surface area contributed by atoms with Gasteiger partial charge in [0.15, 0.2) is 0 Å². The molecule has 4 nitrogen and oxygen atoms in total. The van der Waals surface area contributed by atoms with Gasteiger partial charge in [-0.1, -0.05) is 6.92 Å². The number of nitrogen functional groups attached to an aromatic ring is 1. The van der Waals surface area contributed by atoms with Crippen LogP contribution in [0.4, 0.5) is 5.69 Å². The van der Waals surface area contributed by atoms with Crippen LogP contribution < -0.4 is 11.1 Å². The standard InChI is InChI=1S/C14H18N2O2S/c1-8(7-17)9(2)16-14(18)13-6-10-5-11(15)3-4-12(10)19-13/h3-6,8-9,17H,7,15H2,1-2H3,(H,16,18). The second-order valence-electron chi connectivity index (χ2n) is 4.83. The second kappa shape index (κ2) is 5.59. The number of benzene rings is 1. The van der Waals surface area contributed by atoms with Gasteiger partial charge in [0.1, 0.15) is 0 Å². The Bertz CT molecular complexity index is 594. The Hall–Kier alpha value is -1.59. The van der Waals surface area contributed by atoms with Crippen molar-refractivity contribution in [2.24, 2.45) is 5.92 Å². The first-order chi connectivity index (χ1) is 9.01. The Balaban J connectivity index is 2.17. The van der Waals surface area contributed by atoms with E-state index in [2.05, 4.69) is 5.32 Å². The lowest BCUT2D eigenvalue weighted by Gasteiger charge is -2.18. The Morgan fingerprint density at radius 3 is 2.84 bits per heavy atom. The highest BCUT2D eigenvalue weighted by molar-refractivity contribution is 7.20. The summed E-state index contributed by atoms with van der Waals surface area (Å²) in [5.74, 6) is -0.0680. The highest BCUT2D eigenvalue weighted by Gasteiger charge is 2.16. The summed E-state index contributed by atoms with van der Waals surface area (Å²) >= 11 is 1.45. The molecule has 1 amide bonds. The van der Waals surface area contributed by atoms with E-state index in [1.807, 2.05) is 38.1 Å². The van der Waals surface area contributed by atoms with Crippen LogP contribution in [0.1, 0.15) is 23.5 Å². The van der Waals surface area contributed by atoms with Gasteiger partial charge in [0, 0.05) is 23.0 Å². The van der Waals surface area contributed by atoms with Crippen molar-refractivity contribution >= 4 is 33.0 Å². The third-order valence-electron chi connectivity index (χ3n) is 3.26. The number of amides is 1. The fourth-order valence-corrected chi connectivity index (χ4v) is 2.70. The molecular formula is C14H18N2O2S. The molecule has 2 unspecified atom stereocenters.